The predicted octanol–water partition coefficient (Wildman–Crippen LogP) is 0.674. The van der Waals surface area contributed by atoms with E-state index in [0.717, 1.165) is 16.8 Å². The van der Waals surface area contributed by atoms with Gasteiger partial charge in [-0.3, -0.25) is 9.59 Å². The highest BCUT2D eigenvalue weighted by Crippen LogP contribution is 2.13. The molecule has 0 radical (unpaired) electrons. The van der Waals surface area contributed by atoms with Crippen molar-refractivity contribution in [2.75, 3.05) is 31.5 Å². The van der Waals surface area contributed by atoms with E-state index in [2.05, 4.69) is 16.7 Å². The maximum atomic E-state index is 12.0. The molecule has 1 aliphatic rings. The number of rotatable bonds is 3. The Morgan fingerprint density at radius 2 is 2.00 bits per heavy atom. The number of nitrogens with zero attached hydrogens (tertiary/aromatic N) is 1. The minimum Gasteiger partial charge on any atom is -0.376 e. The summed E-state index contributed by atoms with van der Waals surface area (Å²) in [5.41, 5.74) is 3.26. The van der Waals surface area contributed by atoms with Crippen LogP contribution in [0.4, 0.5) is 5.69 Å². The molecule has 19 heavy (non-hydrogen) atoms. The lowest BCUT2D eigenvalue weighted by Gasteiger charge is -2.26. The third-order valence-electron chi connectivity index (χ3n) is 3.06. The molecule has 1 aromatic carbocycles. The van der Waals surface area contributed by atoms with Gasteiger partial charge >= 0.3 is 0 Å². The Hall–Kier alpha value is -2.04. The fraction of sp³-hybridized carbons (Fsp3) is 0.429. The minimum absolute atomic E-state index is 0.0472. The van der Waals surface area contributed by atoms with Gasteiger partial charge in [-0.2, -0.15) is 0 Å². The lowest BCUT2D eigenvalue weighted by Crippen LogP contribution is -2.51. The van der Waals surface area contributed by atoms with E-state index in [-0.39, 0.29) is 24.9 Å². The molecular weight excluding hydrogens is 242 g/mol. The highest BCUT2D eigenvalue weighted by atomic mass is 16.2. The number of hydrogen-bond donors (Lipinski definition) is 2. The summed E-state index contributed by atoms with van der Waals surface area (Å²) in [4.78, 5) is 24.8. The topological polar surface area (TPSA) is 61.4 Å². The van der Waals surface area contributed by atoms with Gasteiger partial charge in [-0.1, -0.05) is 6.07 Å². The van der Waals surface area contributed by atoms with Crippen LogP contribution >= 0.6 is 0 Å². The van der Waals surface area contributed by atoms with E-state index in [4.69, 9.17) is 0 Å². The van der Waals surface area contributed by atoms with Crippen molar-refractivity contribution >= 4 is 17.5 Å². The number of nitrogens with one attached hydrogen (secondary N) is 2. The Morgan fingerprint density at radius 3 is 2.63 bits per heavy atom. The molecule has 1 aliphatic heterocycles. The average molecular weight is 261 g/mol. The third-order valence-corrected chi connectivity index (χ3v) is 3.06. The number of aryl methyl sites for hydroxylation is 2. The Bertz CT molecular complexity index is 479. The van der Waals surface area contributed by atoms with Gasteiger partial charge < -0.3 is 15.5 Å². The zero-order chi connectivity index (χ0) is 13.8. The molecule has 5 nitrogen and oxygen atoms in total. The first-order chi connectivity index (χ1) is 9.04. The van der Waals surface area contributed by atoms with Crippen LogP contribution in [-0.4, -0.2) is 42.9 Å². The second-order valence-electron chi connectivity index (χ2n) is 4.90. The maximum Gasteiger partial charge on any atom is 0.242 e. The van der Waals surface area contributed by atoms with Gasteiger partial charge in [-0.15, -0.1) is 0 Å². The molecule has 0 unspecified atom stereocenters. The standard InChI is InChI=1S/C14H19N3O2/c1-10-5-11(2)7-12(6-10)16-8-14(19)17-4-3-15-13(18)9-17/h5-7,16H,3-4,8-9H2,1-2H3,(H,15,18). The second-order valence-corrected chi connectivity index (χ2v) is 4.90. The molecular formula is C14H19N3O2. The Labute approximate surface area is 113 Å². The average Bonchev–Trinajstić information content (AvgIpc) is 2.35. The molecule has 0 bridgehead atoms. The van der Waals surface area contributed by atoms with Gasteiger partial charge in [0, 0.05) is 18.8 Å². The van der Waals surface area contributed by atoms with Crippen molar-refractivity contribution in [3.8, 4) is 0 Å². The maximum absolute atomic E-state index is 12.0. The minimum atomic E-state index is -0.0917. The Morgan fingerprint density at radius 1 is 1.32 bits per heavy atom. The lowest BCUT2D eigenvalue weighted by molar-refractivity contribution is -0.136. The van der Waals surface area contributed by atoms with Crippen molar-refractivity contribution < 1.29 is 9.59 Å². The molecule has 0 spiro atoms. The van der Waals surface area contributed by atoms with Gasteiger partial charge in [0.1, 0.15) is 0 Å². The van der Waals surface area contributed by atoms with Crippen molar-refractivity contribution in [3.63, 3.8) is 0 Å². The van der Waals surface area contributed by atoms with Crippen LogP contribution < -0.4 is 10.6 Å². The highest BCUT2D eigenvalue weighted by molar-refractivity contribution is 5.87. The SMILES string of the molecule is Cc1cc(C)cc(NCC(=O)N2CCNC(=O)C2)c1. The summed E-state index contributed by atoms with van der Waals surface area (Å²) in [6, 6.07) is 6.09. The molecule has 1 heterocycles. The van der Waals surface area contributed by atoms with Crippen molar-refractivity contribution in [2.24, 2.45) is 0 Å². The summed E-state index contributed by atoms with van der Waals surface area (Å²) in [5.74, 6) is -0.139. The van der Waals surface area contributed by atoms with E-state index in [0.29, 0.717) is 13.1 Å². The number of benzene rings is 1. The summed E-state index contributed by atoms with van der Waals surface area (Å²) >= 11 is 0. The largest absolute Gasteiger partial charge is 0.376 e. The molecule has 0 aliphatic carbocycles. The van der Waals surface area contributed by atoms with E-state index in [9.17, 15) is 9.59 Å². The number of anilines is 1. The predicted molar refractivity (Wildman–Crippen MR) is 74.0 cm³/mol. The van der Waals surface area contributed by atoms with Crippen molar-refractivity contribution in [1.29, 1.82) is 0 Å². The van der Waals surface area contributed by atoms with Crippen LogP contribution in [0.2, 0.25) is 0 Å². The quantitative estimate of drug-likeness (QED) is 0.841. The van der Waals surface area contributed by atoms with E-state index in [1.54, 1.807) is 4.90 Å². The third kappa shape index (κ3) is 3.71. The Balaban J connectivity index is 1.90. The van der Waals surface area contributed by atoms with Gasteiger partial charge in [0.25, 0.3) is 0 Å². The lowest BCUT2D eigenvalue weighted by atomic mass is 10.1. The van der Waals surface area contributed by atoms with Crippen LogP contribution in [0.5, 0.6) is 0 Å². The molecule has 2 amide bonds. The molecule has 102 valence electrons. The Kier molecular flexibility index (Phi) is 4.04. The zero-order valence-electron chi connectivity index (χ0n) is 11.3. The number of amides is 2. The summed E-state index contributed by atoms with van der Waals surface area (Å²) < 4.78 is 0. The van der Waals surface area contributed by atoms with Gasteiger partial charge in [0.2, 0.25) is 11.8 Å². The van der Waals surface area contributed by atoms with Crippen LogP contribution in [0.1, 0.15) is 11.1 Å². The smallest absolute Gasteiger partial charge is 0.242 e. The van der Waals surface area contributed by atoms with Crippen molar-refractivity contribution in [2.45, 2.75) is 13.8 Å². The highest BCUT2D eigenvalue weighted by Gasteiger charge is 2.20. The van der Waals surface area contributed by atoms with Gasteiger partial charge in [-0.25, -0.2) is 0 Å². The molecule has 0 aromatic heterocycles. The number of carbonyl (C=O) groups excluding carboxylic acids is 2. The molecule has 2 rings (SSSR count). The number of carbonyl (C=O) groups is 2. The van der Waals surface area contributed by atoms with Gasteiger partial charge in [0.05, 0.1) is 13.1 Å². The van der Waals surface area contributed by atoms with E-state index >= 15 is 0 Å². The monoisotopic (exact) mass is 261 g/mol. The molecule has 0 saturated carbocycles. The van der Waals surface area contributed by atoms with Crippen molar-refractivity contribution in [1.82, 2.24) is 10.2 Å². The fourth-order valence-electron chi connectivity index (χ4n) is 2.22. The van der Waals surface area contributed by atoms with Gasteiger partial charge in [-0.05, 0) is 37.1 Å². The fourth-order valence-corrected chi connectivity index (χ4v) is 2.22. The first kappa shape index (κ1) is 13.4. The summed E-state index contributed by atoms with van der Waals surface area (Å²) in [6.45, 7) is 5.54. The molecule has 1 saturated heterocycles. The zero-order valence-corrected chi connectivity index (χ0v) is 11.3. The first-order valence-electron chi connectivity index (χ1n) is 6.41. The molecule has 2 N–H and O–H groups in total. The van der Waals surface area contributed by atoms with Crippen LogP contribution in [0.15, 0.2) is 18.2 Å². The van der Waals surface area contributed by atoms with E-state index in [1.807, 2.05) is 26.0 Å². The van der Waals surface area contributed by atoms with Crippen LogP contribution in [-0.2, 0) is 9.59 Å². The molecule has 1 fully saturated rings. The number of hydrogen-bond acceptors (Lipinski definition) is 3. The normalized spacial score (nSPS) is 15.1. The molecule has 0 atom stereocenters. The first-order valence-corrected chi connectivity index (χ1v) is 6.41. The molecule has 1 aromatic rings. The summed E-state index contributed by atoms with van der Waals surface area (Å²) in [6.07, 6.45) is 0. The summed E-state index contributed by atoms with van der Waals surface area (Å²) in [5, 5.41) is 5.82. The van der Waals surface area contributed by atoms with E-state index in [1.165, 1.54) is 0 Å². The van der Waals surface area contributed by atoms with Crippen molar-refractivity contribution in [3.05, 3.63) is 29.3 Å². The number of piperazine rings is 1. The summed E-state index contributed by atoms with van der Waals surface area (Å²) in [7, 11) is 0. The van der Waals surface area contributed by atoms with Crippen LogP contribution in [0.3, 0.4) is 0 Å². The van der Waals surface area contributed by atoms with Crippen LogP contribution in [0, 0.1) is 13.8 Å². The van der Waals surface area contributed by atoms with Crippen LogP contribution in [0.25, 0.3) is 0 Å². The van der Waals surface area contributed by atoms with E-state index < -0.39 is 0 Å². The molecule has 5 heteroatoms. The van der Waals surface area contributed by atoms with Gasteiger partial charge in [0.15, 0.2) is 0 Å². The second kappa shape index (κ2) is 5.73.